The van der Waals surface area contributed by atoms with E-state index < -0.39 is 5.60 Å². The molecule has 1 heterocycles. The average molecular weight is 216 g/mol. The van der Waals surface area contributed by atoms with Gasteiger partial charge >= 0.3 is 0 Å². The monoisotopic (exact) mass is 216 g/mol. The van der Waals surface area contributed by atoms with Crippen LogP contribution in [0.5, 0.6) is 5.75 Å². The summed E-state index contributed by atoms with van der Waals surface area (Å²) in [4.78, 5) is 12.0. The zero-order valence-corrected chi connectivity index (χ0v) is 9.96. The summed E-state index contributed by atoms with van der Waals surface area (Å²) in [5, 5.41) is 0. The predicted octanol–water partition coefficient (Wildman–Crippen LogP) is 2.77. The number of ether oxygens (including phenoxy) is 1. The number of fused-ring (bicyclic) bond motifs is 3. The van der Waals surface area contributed by atoms with Crippen LogP contribution in [0.1, 0.15) is 37.8 Å². The molecule has 84 valence electrons. The maximum atomic E-state index is 12.0. The second kappa shape index (κ2) is 2.68. The third-order valence-corrected chi connectivity index (χ3v) is 4.48. The molecule has 0 bridgehead atoms. The van der Waals surface area contributed by atoms with Crippen molar-refractivity contribution in [3.05, 3.63) is 29.3 Å². The van der Waals surface area contributed by atoms with Gasteiger partial charge in [0.15, 0.2) is 11.4 Å². The van der Waals surface area contributed by atoms with Gasteiger partial charge in [-0.25, -0.2) is 0 Å². The number of aryl methyl sites for hydroxylation is 1. The zero-order chi connectivity index (χ0) is 11.6. The summed E-state index contributed by atoms with van der Waals surface area (Å²) in [5.74, 6) is 1.13. The van der Waals surface area contributed by atoms with Crippen LogP contribution in [0.15, 0.2) is 18.2 Å². The molecule has 1 aliphatic heterocycles. The third kappa shape index (κ3) is 0.909. The van der Waals surface area contributed by atoms with Crippen molar-refractivity contribution in [2.75, 3.05) is 0 Å². The molecule has 0 unspecified atom stereocenters. The lowest BCUT2D eigenvalue weighted by Gasteiger charge is -2.31. The van der Waals surface area contributed by atoms with E-state index in [0.717, 1.165) is 12.2 Å². The molecule has 0 spiro atoms. The van der Waals surface area contributed by atoms with Gasteiger partial charge in [-0.2, -0.15) is 0 Å². The second-order valence-electron chi connectivity index (χ2n) is 5.39. The van der Waals surface area contributed by atoms with Crippen molar-refractivity contribution in [3.63, 3.8) is 0 Å². The van der Waals surface area contributed by atoms with Crippen LogP contribution in [-0.4, -0.2) is 11.4 Å². The van der Waals surface area contributed by atoms with Crippen LogP contribution in [0.3, 0.4) is 0 Å². The van der Waals surface area contributed by atoms with Crippen LogP contribution in [0, 0.1) is 6.92 Å². The average Bonchev–Trinajstić information content (AvgIpc) is 2.59. The quantitative estimate of drug-likeness (QED) is 0.666. The Balaban J connectivity index is 2.24. The Morgan fingerprint density at radius 3 is 2.81 bits per heavy atom. The molecule has 1 aromatic rings. The highest BCUT2D eigenvalue weighted by Gasteiger charge is 2.62. The summed E-state index contributed by atoms with van der Waals surface area (Å²) >= 11 is 0. The van der Waals surface area contributed by atoms with Crippen molar-refractivity contribution in [1.82, 2.24) is 0 Å². The Labute approximate surface area is 95.6 Å². The van der Waals surface area contributed by atoms with Crippen LogP contribution >= 0.6 is 0 Å². The Morgan fingerprint density at radius 2 is 2.06 bits per heavy atom. The Hall–Kier alpha value is -1.31. The zero-order valence-electron chi connectivity index (χ0n) is 9.96. The number of hydrogen-bond acceptors (Lipinski definition) is 2. The molecule has 1 aliphatic carbocycles. The van der Waals surface area contributed by atoms with E-state index in [2.05, 4.69) is 19.9 Å². The molecule has 2 heteroatoms. The molecule has 1 saturated carbocycles. The van der Waals surface area contributed by atoms with Gasteiger partial charge in [0.05, 0.1) is 0 Å². The third-order valence-electron chi connectivity index (χ3n) is 4.48. The minimum absolute atomic E-state index is 0.133. The molecule has 1 aromatic carbocycles. The summed E-state index contributed by atoms with van der Waals surface area (Å²) in [7, 11) is 0. The molecule has 2 aliphatic rings. The first-order chi connectivity index (χ1) is 7.47. The fourth-order valence-corrected chi connectivity index (χ4v) is 3.09. The van der Waals surface area contributed by atoms with Gasteiger partial charge < -0.3 is 4.74 Å². The Morgan fingerprint density at radius 1 is 1.31 bits per heavy atom. The van der Waals surface area contributed by atoms with E-state index in [-0.39, 0.29) is 11.2 Å². The first kappa shape index (κ1) is 9.88. The van der Waals surface area contributed by atoms with Crippen molar-refractivity contribution in [1.29, 1.82) is 0 Å². The summed E-state index contributed by atoms with van der Waals surface area (Å²) < 4.78 is 5.94. The summed E-state index contributed by atoms with van der Waals surface area (Å²) in [6, 6.07) is 6.20. The molecule has 0 amide bonds. The van der Waals surface area contributed by atoms with Crippen molar-refractivity contribution in [2.45, 2.75) is 44.6 Å². The van der Waals surface area contributed by atoms with E-state index in [1.54, 1.807) is 0 Å². The van der Waals surface area contributed by atoms with Crippen molar-refractivity contribution in [3.8, 4) is 5.75 Å². The highest BCUT2D eigenvalue weighted by molar-refractivity contribution is 5.93. The molecule has 3 rings (SSSR count). The standard InChI is InChI=1S/C14H16O2/c1-9-4-5-11-10(8-9)13(2)7-6-12(15)14(13,3)16-11/h4-5,8H,6-7H2,1-3H3/t13-,14-/m0/s1. The van der Waals surface area contributed by atoms with Crippen molar-refractivity contribution < 1.29 is 9.53 Å². The van der Waals surface area contributed by atoms with E-state index >= 15 is 0 Å². The van der Waals surface area contributed by atoms with Gasteiger partial charge in [-0.15, -0.1) is 0 Å². The van der Waals surface area contributed by atoms with E-state index in [1.807, 2.05) is 19.1 Å². The molecule has 0 saturated heterocycles. The van der Waals surface area contributed by atoms with Gasteiger partial charge in [0.25, 0.3) is 0 Å². The molecular weight excluding hydrogens is 200 g/mol. The summed E-state index contributed by atoms with van der Waals surface area (Å²) in [6.07, 6.45) is 1.54. The fourth-order valence-electron chi connectivity index (χ4n) is 3.09. The summed E-state index contributed by atoms with van der Waals surface area (Å²) in [5.41, 5.74) is 1.67. The molecule has 0 radical (unpaired) electrons. The largest absolute Gasteiger partial charge is 0.479 e. The topological polar surface area (TPSA) is 26.3 Å². The lowest BCUT2D eigenvalue weighted by Crippen LogP contribution is -2.47. The smallest absolute Gasteiger partial charge is 0.177 e. The highest BCUT2D eigenvalue weighted by atomic mass is 16.5. The van der Waals surface area contributed by atoms with Crippen LogP contribution in [0.2, 0.25) is 0 Å². The van der Waals surface area contributed by atoms with Gasteiger partial charge in [-0.05, 0) is 26.3 Å². The molecular formula is C14H16O2. The lowest BCUT2D eigenvalue weighted by molar-refractivity contribution is -0.130. The maximum absolute atomic E-state index is 12.0. The molecule has 2 atom stereocenters. The number of carbonyl (C=O) groups is 1. The fraction of sp³-hybridized carbons (Fsp3) is 0.500. The van der Waals surface area contributed by atoms with Crippen LogP contribution in [0.25, 0.3) is 0 Å². The van der Waals surface area contributed by atoms with Gasteiger partial charge in [0, 0.05) is 17.4 Å². The minimum Gasteiger partial charge on any atom is -0.479 e. The number of Topliss-reactive ketones (excluding diaryl/α,β-unsaturated/α-hetero) is 1. The number of ketones is 1. The first-order valence-corrected chi connectivity index (χ1v) is 5.81. The normalized spacial score (nSPS) is 35.8. The number of hydrogen-bond donors (Lipinski definition) is 0. The summed E-state index contributed by atoms with van der Waals surface area (Å²) in [6.45, 7) is 6.18. The Kier molecular flexibility index (Phi) is 1.65. The molecule has 16 heavy (non-hydrogen) atoms. The maximum Gasteiger partial charge on any atom is 0.177 e. The number of carbonyl (C=O) groups excluding carboxylic acids is 1. The van der Waals surface area contributed by atoms with Crippen LogP contribution < -0.4 is 4.74 Å². The predicted molar refractivity (Wildman–Crippen MR) is 61.8 cm³/mol. The van der Waals surface area contributed by atoms with E-state index in [1.165, 1.54) is 11.1 Å². The molecule has 1 fully saturated rings. The van der Waals surface area contributed by atoms with Gasteiger partial charge in [-0.3, -0.25) is 4.79 Å². The van der Waals surface area contributed by atoms with Crippen LogP contribution in [0.4, 0.5) is 0 Å². The second-order valence-corrected chi connectivity index (χ2v) is 5.39. The SMILES string of the molecule is Cc1ccc2c(c1)[C@]1(C)CCC(=O)[C@]1(C)O2. The van der Waals surface area contributed by atoms with Gasteiger partial charge in [-0.1, -0.05) is 24.6 Å². The van der Waals surface area contributed by atoms with Gasteiger partial charge in [0.1, 0.15) is 5.75 Å². The van der Waals surface area contributed by atoms with E-state index in [0.29, 0.717) is 6.42 Å². The van der Waals surface area contributed by atoms with Gasteiger partial charge in [0.2, 0.25) is 0 Å². The highest BCUT2D eigenvalue weighted by Crippen LogP contribution is 2.56. The Bertz CT molecular complexity index is 492. The van der Waals surface area contributed by atoms with Crippen LogP contribution in [-0.2, 0) is 10.2 Å². The van der Waals surface area contributed by atoms with E-state index in [4.69, 9.17) is 4.74 Å². The number of benzene rings is 1. The lowest BCUT2D eigenvalue weighted by atomic mass is 9.73. The minimum atomic E-state index is -0.636. The van der Waals surface area contributed by atoms with Crippen molar-refractivity contribution >= 4 is 5.78 Å². The van der Waals surface area contributed by atoms with E-state index in [9.17, 15) is 4.79 Å². The first-order valence-electron chi connectivity index (χ1n) is 5.81. The number of rotatable bonds is 0. The molecule has 0 N–H and O–H groups in total. The molecule has 2 nitrogen and oxygen atoms in total. The molecule has 0 aromatic heterocycles. The van der Waals surface area contributed by atoms with Crippen molar-refractivity contribution in [2.24, 2.45) is 0 Å².